The second kappa shape index (κ2) is 11.3. The molecule has 3 fully saturated rings. The molecule has 39 heavy (non-hydrogen) atoms. The molecule has 1 aromatic carbocycles. The lowest BCUT2D eigenvalue weighted by atomic mass is 9.70. The van der Waals surface area contributed by atoms with Gasteiger partial charge in [0, 0.05) is 19.7 Å². The molecule has 2 aromatic rings. The fourth-order valence-electron chi connectivity index (χ4n) is 6.48. The molecule has 1 aromatic heterocycles. The maximum Gasteiger partial charge on any atom is 0.312 e. The second-order valence-corrected chi connectivity index (χ2v) is 10.4. The number of fused-ring (bicyclic) bond motifs is 2. The Balaban J connectivity index is 1.48. The highest BCUT2D eigenvalue weighted by Gasteiger charge is 2.75. The average Bonchev–Trinajstić information content (AvgIpc) is 3.69. The molecule has 0 radical (unpaired) electrons. The molecule has 3 aliphatic heterocycles. The van der Waals surface area contributed by atoms with Crippen LogP contribution in [0.1, 0.15) is 32.1 Å². The van der Waals surface area contributed by atoms with Gasteiger partial charge in [-0.05, 0) is 44.2 Å². The average molecular weight is 538 g/mol. The molecule has 2 unspecified atom stereocenters. The summed E-state index contributed by atoms with van der Waals surface area (Å²) in [4.78, 5) is 44.6. The Kier molecular flexibility index (Phi) is 7.81. The summed E-state index contributed by atoms with van der Waals surface area (Å²) >= 11 is 0. The van der Waals surface area contributed by atoms with Crippen molar-refractivity contribution in [3.05, 3.63) is 49.6 Å². The van der Waals surface area contributed by atoms with Crippen LogP contribution in [0.4, 0.5) is 0 Å². The van der Waals surface area contributed by atoms with Gasteiger partial charge in [0.05, 0.1) is 23.5 Å². The largest absolute Gasteiger partial charge is 0.461 e. The highest BCUT2D eigenvalue weighted by Crippen LogP contribution is 2.58. The zero-order valence-electron chi connectivity index (χ0n) is 22.0. The number of esters is 1. The van der Waals surface area contributed by atoms with Crippen molar-refractivity contribution in [1.82, 2.24) is 24.8 Å². The molecule has 11 nitrogen and oxygen atoms in total. The zero-order chi connectivity index (χ0) is 27.6. The van der Waals surface area contributed by atoms with E-state index in [1.54, 1.807) is 20.6 Å². The van der Waals surface area contributed by atoms with Crippen LogP contribution in [0.5, 0.6) is 0 Å². The van der Waals surface area contributed by atoms with Crippen LogP contribution in [0.2, 0.25) is 0 Å². The monoisotopic (exact) mass is 537 g/mol. The molecule has 4 heterocycles. The summed E-state index contributed by atoms with van der Waals surface area (Å²) in [5.74, 6) is -2.60. The van der Waals surface area contributed by atoms with Crippen LogP contribution < -0.4 is 0 Å². The first-order valence-corrected chi connectivity index (χ1v) is 13.5. The number of benzene rings is 1. The van der Waals surface area contributed by atoms with E-state index in [2.05, 4.69) is 23.5 Å². The molecular formula is C28H35N5O6. The van der Waals surface area contributed by atoms with Gasteiger partial charge >= 0.3 is 5.97 Å². The zero-order valence-corrected chi connectivity index (χ0v) is 22.0. The third kappa shape index (κ3) is 4.63. The Morgan fingerprint density at radius 3 is 2.82 bits per heavy atom. The first-order valence-electron chi connectivity index (χ1n) is 13.5. The van der Waals surface area contributed by atoms with Crippen molar-refractivity contribution in [1.29, 1.82) is 0 Å². The van der Waals surface area contributed by atoms with Crippen molar-refractivity contribution in [3.63, 3.8) is 0 Å². The van der Waals surface area contributed by atoms with Gasteiger partial charge in [-0.15, -0.1) is 11.7 Å². The van der Waals surface area contributed by atoms with Crippen molar-refractivity contribution in [3.8, 4) is 0 Å². The Morgan fingerprint density at radius 1 is 1.23 bits per heavy atom. The summed E-state index contributed by atoms with van der Waals surface area (Å²) in [6, 6.07) is 6.58. The van der Waals surface area contributed by atoms with Crippen LogP contribution in [0, 0.1) is 11.8 Å². The Hall–Kier alpha value is -3.57. The molecule has 3 aliphatic rings. The summed E-state index contributed by atoms with van der Waals surface area (Å²) < 4.78 is 13.5. The number of aliphatic hydroxyl groups is 1. The fraction of sp³-hybridized carbons (Fsp3) is 0.536. The second-order valence-electron chi connectivity index (χ2n) is 10.4. The van der Waals surface area contributed by atoms with Gasteiger partial charge in [-0.25, -0.2) is 4.68 Å². The van der Waals surface area contributed by atoms with Gasteiger partial charge in [-0.2, -0.15) is 0 Å². The fourth-order valence-corrected chi connectivity index (χ4v) is 6.48. The van der Waals surface area contributed by atoms with Gasteiger partial charge in [0.15, 0.2) is 0 Å². The molecule has 0 saturated carbocycles. The van der Waals surface area contributed by atoms with Crippen LogP contribution >= 0.6 is 0 Å². The first kappa shape index (κ1) is 27.0. The predicted octanol–water partition coefficient (Wildman–Crippen LogP) is 1.67. The van der Waals surface area contributed by atoms with Crippen molar-refractivity contribution in [2.75, 3.05) is 26.3 Å². The van der Waals surface area contributed by atoms with Gasteiger partial charge < -0.3 is 24.4 Å². The first-order chi connectivity index (χ1) is 19.0. The van der Waals surface area contributed by atoms with E-state index in [1.807, 2.05) is 24.3 Å². The summed E-state index contributed by atoms with van der Waals surface area (Å²) in [6.45, 7) is 8.20. The minimum Gasteiger partial charge on any atom is -0.461 e. The highest BCUT2D eigenvalue weighted by atomic mass is 16.6. The molecule has 11 heteroatoms. The summed E-state index contributed by atoms with van der Waals surface area (Å²) in [6.07, 6.45) is 5.63. The summed E-state index contributed by atoms with van der Waals surface area (Å²) in [7, 11) is 0. The number of likely N-dealkylation sites (tertiary alicyclic amines) is 1. The smallest absolute Gasteiger partial charge is 0.312 e. The van der Waals surface area contributed by atoms with Crippen LogP contribution in [0.25, 0.3) is 11.0 Å². The van der Waals surface area contributed by atoms with E-state index in [0.29, 0.717) is 44.2 Å². The van der Waals surface area contributed by atoms with Crippen molar-refractivity contribution in [2.45, 2.75) is 56.5 Å². The third-order valence-corrected chi connectivity index (χ3v) is 8.09. The molecule has 3 saturated heterocycles. The number of ether oxygens (including phenoxy) is 2. The summed E-state index contributed by atoms with van der Waals surface area (Å²) in [5.41, 5.74) is 0.376. The number of nitrogens with zero attached hydrogens (tertiary/aromatic N) is 5. The SMILES string of the molecule is C=CCOC(=O)[C@@H]1[C@H]2C(=O)N(CCCCCO)C(C(=O)N(CC=C)Cn3nnc4ccccc43)C23CC[C@H]1O3. The Labute approximate surface area is 227 Å². The molecular weight excluding hydrogens is 502 g/mol. The molecule has 1 spiro atoms. The maximum absolute atomic E-state index is 14.4. The number of para-hydroxylation sites is 1. The topological polar surface area (TPSA) is 127 Å². The van der Waals surface area contributed by atoms with Gasteiger partial charge in [0.2, 0.25) is 11.8 Å². The van der Waals surface area contributed by atoms with E-state index >= 15 is 0 Å². The quantitative estimate of drug-likeness (QED) is 0.232. The van der Waals surface area contributed by atoms with Gasteiger partial charge in [0.25, 0.3) is 0 Å². The number of carbonyl (C=O) groups excluding carboxylic acids is 3. The molecule has 2 amide bonds. The van der Waals surface area contributed by atoms with E-state index in [1.165, 1.54) is 6.08 Å². The maximum atomic E-state index is 14.4. The molecule has 5 rings (SSSR count). The standard InChI is InChI=1S/C28H35N5O6/c1-3-14-31(18-33-20-11-7-6-10-19(20)29-30-33)26(36)24-28-13-12-21(39-28)22(27(37)38-17-4-2)23(28)25(35)32(24)15-8-5-9-16-34/h3-4,6-7,10-11,21-24,34H,1-2,5,8-9,12-18H2/t21-,22+,23+,24?,28?/m1/s1. The van der Waals surface area contributed by atoms with E-state index in [4.69, 9.17) is 9.47 Å². The number of hydrogen-bond acceptors (Lipinski definition) is 8. The number of hydrogen-bond donors (Lipinski definition) is 1. The molecule has 2 bridgehead atoms. The minimum atomic E-state index is -1.11. The normalized spacial score (nSPS) is 27.1. The lowest BCUT2D eigenvalue weighted by Crippen LogP contribution is -2.56. The molecule has 1 N–H and O–H groups in total. The number of unbranched alkanes of at least 4 members (excludes halogenated alkanes) is 2. The number of aliphatic hydroxyl groups excluding tert-OH is 1. The van der Waals surface area contributed by atoms with E-state index in [9.17, 15) is 19.5 Å². The Morgan fingerprint density at radius 2 is 2.05 bits per heavy atom. The summed E-state index contributed by atoms with van der Waals surface area (Å²) in [5, 5.41) is 17.7. The van der Waals surface area contributed by atoms with E-state index in [0.717, 1.165) is 5.52 Å². The molecule has 208 valence electrons. The van der Waals surface area contributed by atoms with E-state index in [-0.39, 0.29) is 38.2 Å². The van der Waals surface area contributed by atoms with E-state index < -0.39 is 35.6 Å². The number of amides is 2. The van der Waals surface area contributed by atoms with Gasteiger partial charge in [-0.3, -0.25) is 14.4 Å². The molecule has 5 atom stereocenters. The van der Waals surface area contributed by atoms with Crippen molar-refractivity contribution in [2.24, 2.45) is 11.8 Å². The van der Waals surface area contributed by atoms with Crippen LogP contribution in [-0.4, -0.2) is 91.7 Å². The van der Waals surface area contributed by atoms with Gasteiger partial charge in [-0.1, -0.05) is 36.1 Å². The van der Waals surface area contributed by atoms with Crippen molar-refractivity contribution >= 4 is 28.8 Å². The van der Waals surface area contributed by atoms with Crippen molar-refractivity contribution < 1.29 is 29.0 Å². The number of aromatic nitrogens is 3. The highest BCUT2D eigenvalue weighted by molar-refractivity contribution is 5.98. The van der Waals surface area contributed by atoms with Crippen LogP contribution in [-0.2, 0) is 30.5 Å². The number of carbonyl (C=O) groups is 3. The predicted molar refractivity (Wildman–Crippen MR) is 141 cm³/mol. The lowest BCUT2D eigenvalue weighted by Gasteiger charge is -2.36. The van der Waals surface area contributed by atoms with Gasteiger partial charge in [0.1, 0.15) is 30.4 Å². The lowest BCUT2D eigenvalue weighted by molar-refractivity contribution is -0.154. The third-order valence-electron chi connectivity index (χ3n) is 8.09. The van der Waals surface area contributed by atoms with Crippen LogP contribution in [0.15, 0.2) is 49.6 Å². The molecule has 0 aliphatic carbocycles. The Bertz CT molecular complexity index is 1260. The van der Waals surface area contributed by atoms with Crippen LogP contribution in [0.3, 0.4) is 0 Å². The minimum absolute atomic E-state index is 0.0438. The number of rotatable bonds is 13.